The van der Waals surface area contributed by atoms with Crippen molar-refractivity contribution in [1.29, 1.82) is 0 Å². The van der Waals surface area contributed by atoms with Crippen molar-refractivity contribution in [2.45, 2.75) is 6.18 Å². The summed E-state index contributed by atoms with van der Waals surface area (Å²) in [5.41, 5.74) is -0.864. The molecule has 1 aromatic carbocycles. The lowest BCUT2D eigenvalue weighted by Gasteiger charge is -2.06. The minimum Gasteiger partial charge on any atom is -0.266 e. The van der Waals surface area contributed by atoms with Gasteiger partial charge < -0.3 is 0 Å². The van der Waals surface area contributed by atoms with Crippen LogP contribution in [0.5, 0.6) is 0 Å². The average Bonchev–Trinajstić information content (AvgIpc) is 2.14. The van der Waals surface area contributed by atoms with E-state index in [2.05, 4.69) is 4.36 Å². The van der Waals surface area contributed by atoms with E-state index in [1.54, 1.807) is 0 Å². The van der Waals surface area contributed by atoms with Gasteiger partial charge in [0.25, 0.3) is 5.91 Å². The van der Waals surface area contributed by atoms with Crippen LogP contribution in [0.15, 0.2) is 28.6 Å². The molecule has 0 aliphatic carbocycles. The van der Waals surface area contributed by atoms with Crippen LogP contribution in [0.4, 0.5) is 13.2 Å². The number of rotatable bonds is 1. The van der Waals surface area contributed by atoms with Crippen LogP contribution in [0.2, 0.25) is 0 Å². The highest BCUT2D eigenvalue weighted by Gasteiger charge is 2.30. The Labute approximate surface area is 96.8 Å². The van der Waals surface area contributed by atoms with Gasteiger partial charge in [-0.3, -0.25) is 4.79 Å². The Kier molecular flexibility index (Phi) is 3.61. The molecule has 0 fully saturated rings. The van der Waals surface area contributed by atoms with Gasteiger partial charge in [0.2, 0.25) is 0 Å². The second-order valence-corrected chi connectivity index (χ2v) is 6.20. The number of alkyl halides is 3. The van der Waals surface area contributed by atoms with Crippen molar-refractivity contribution in [1.82, 2.24) is 0 Å². The van der Waals surface area contributed by atoms with E-state index in [4.69, 9.17) is 0 Å². The van der Waals surface area contributed by atoms with Crippen molar-refractivity contribution < 1.29 is 22.2 Å². The Bertz CT molecular complexity index is 532. The Morgan fingerprint density at radius 1 is 1.18 bits per heavy atom. The first-order valence-electron chi connectivity index (χ1n) is 4.48. The monoisotopic (exact) mass is 265 g/mol. The fourth-order valence-corrected chi connectivity index (χ4v) is 1.56. The molecule has 94 valence electrons. The number of benzene rings is 1. The van der Waals surface area contributed by atoms with E-state index in [0.29, 0.717) is 0 Å². The van der Waals surface area contributed by atoms with Crippen LogP contribution >= 0.6 is 0 Å². The molecule has 0 saturated carbocycles. The molecule has 1 rings (SSSR count). The predicted molar refractivity (Wildman–Crippen MR) is 58.2 cm³/mol. The molecule has 0 N–H and O–H groups in total. The van der Waals surface area contributed by atoms with Crippen molar-refractivity contribution in [2.75, 3.05) is 12.5 Å². The molecule has 0 aliphatic heterocycles. The summed E-state index contributed by atoms with van der Waals surface area (Å²) in [4.78, 5) is 11.4. The molecule has 17 heavy (non-hydrogen) atoms. The van der Waals surface area contributed by atoms with Crippen molar-refractivity contribution in [3.63, 3.8) is 0 Å². The lowest BCUT2D eigenvalue weighted by Crippen LogP contribution is -2.06. The van der Waals surface area contributed by atoms with Crippen LogP contribution in [0, 0.1) is 0 Å². The van der Waals surface area contributed by atoms with E-state index < -0.39 is 27.4 Å². The summed E-state index contributed by atoms with van der Waals surface area (Å²) >= 11 is 0. The van der Waals surface area contributed by atoms with E-state index in [-0.39, 0.29) is 5.56 Å². The summed E-state index contributed by atoms with van der Waals surface area (Å²) in [7, 11) is -2.61. The minimum absolute atomic E-state index is 0.0191. The largest absolute Gasteiger partial charge is 0.416 e. The fraction of sp³-hybridized carbons (Fsp3) is 0.300. The minimum atomic E-state index is -4.44. The molecule has 1 amide bonds. The van der Waals surface area contributed by atoms with Crippen molar-refractivity contribution in [3.8, 4) is 0 Å². The summed E-state index contributed by atoms with van der Waals surface area (Å²) in [6, 6.07) is 3.60. The second kappa shape index (κ2) is 4.48. The smallest absolute Gasteiger partial charge is 0.266 e. The highest BCUT2D eigenvalue weighted by molar-refractivity contribution is 7.92. The summed E-state index contributed by atoms with van der Waals surface area (Å²) < 4.78 is 51.3. The Hall–Kier alpha value is -1.37. The third kappa shape index (κ3) is 4.18. The molecule has 1 aromatic rings. The van der Waals surface area contributed by atoms with Crippen LogP contribution in [0.1, 0.15) is 15.9 Å². The van der Waals surface area contributed by atoms with Gasteiger partial charge in [0, 0.05) is 27.8 Å². The Morgan fingerprint density at radius 2 is 1.65 bits per heavy atom. The van der Waals surface area contributed by atoms with E-state index in [1.165, 1.54) is 12.5 Å². The quantitative estimate of drug-likeness (QED) is 0.783. The maximum absolute atomic E-state index is 12.2. The number of amides is 1. The van der Waals surface area contributed by atoms with Gasteiger partial charge in [-0.15, -0.1) is 0 Å². The molecule has 0 heterocycles. The molecule has 0 spiro atoms. The standard InChI is InChI=1S/C10H10F3NO2S/c1-17(2,16)14-9(15)7-3-5-8(6-4-7)10(11,12)13/h3-6H,1-2H3. The van der Waals surface area contributed by atoms with Crippen LogP contribution < -0.4 is 0 Å². The van der Waals surface area contributed by atoms with Crippen molar-refractivity contribution in [2.24, 2.45) is 4.36 Å². The van der Waals surface area contributed by atoms with Gasteiger partial charge in [-0.05, 0) is 24.3 Å². The Morgan fingerprint density at radius 3 is 2.00 bits per heavy atom. The number of hydrogen-bond donors (Lipinski definition) is 0. The average molecular weight is 265 g/mol. The van der Waals surface area contributed by atoms with Gasteiger partial charge in [-0.1, -0.05) is 0 Å². The normalized spacial score (nSPS) is 12.3. The zero-order valence-corrected chi connectivity index (χ0v) is 9.93. The first-order valence-corrected chi connectivity index (χ1v) is 6.81. The molecular formula is C10H10F3NO2S. The molecule has 0 bridgehead atoms. The van der Waals surface area contributed by atoms with Crippen LogP contribution in [0.25, 0.3) is 0 Å². The molecule has 0 unspecified atom stereocenters. The van der Waals surface area contributed by atoms with Crippen molar-refractivity contribution in [3.05, 3.63) is 35.4 Å². The van der Waals surface area contributed by atoms with Crippen LogP contribution in [0.3, 0.4) is 0 Å². The fourth-order valence-electron chi connectivity index (χ4n) is 1.05. The number of carbonyl (C=O) groups excluding carboxylic acids is 1. The molecular weight excluding hydrogens is 255 g/mol. The first-order chi connectivity index (χ1) is 7.59. The number of carbonyl (C=O) groups is 1. The van der Waals surface area contributed by atoms with Crippen LogP contribution in [-0.2, 0) is 15.9 Å². The van der Waals surface area contributed by atoms with E-state index in [0.717, 1.165) is 24.3 Å². The molecule has 0 aliphatic rings. The van der Waals surface area contributed by atoms with Gasteiger partial charge in [-0.25, -0.2) is 4.21 Å². The predicted octanol–water partition coefficient (Wildman–Crippen LogP) is 2.57. The third-order valence-electron chi connectivity index (χ3n) is 1.76. The zero-order chi connectivity index (χ0) is 13.3. The van der Waals surface area contributed by atoms with Gasteiger partial charge >= 0.3 is 6.18 Å². The molecule has 0 aromatic heterocycles. The van der Waals surface area contributed by atoms with E-state index in [1.807, 2.05) is 0 Å². The summed E-state index contributed by atoms with van der Waals surface area (Å²) in [6.07, 6.45) is -1.90. The molecule has 7 heteroatoms. The van der Waals surface area contributed by atoms with Gasteiger partial charge in [0.1, 0.15) is 0 Å². The SMILES string of the molecule is CS(C)(=O)=NC(=O)c1ccc(C(F)(F)F)cc1. The lowest BCUT2D eigenvalue weighted by atomic mass is 10.1. The van der Waals surface area contributed by atoms with E-state index >= 15 is 0 Å². The summed E-state index contributed by atoms with van der Waals surface area (Å²) in [6.45, 7) is 0. The highest BCUT2D eigenvalue weighted by Crippen LogP contribution is 2.29. The van der Waals surface area contributed by atoms with Crippen LogP contribution in [-0.4, -0.2) is 22.6 Å². The highest BCUT2D eigenvalue weighted by atomic mass is 32.2. The van der Waals surface area contributed by atoms with Crippen molar-refractivity contribution >= 4 is 15.6 Å². The first kappa shape index (κ1) is 13.7. The number of nitrogens with zero attached hydrogens (tertiary/aromatic N) is 1. The second-order valence-electron chi connectivity index (χ2n) is 3.65. The molecule has 0 radical (unpaired) electrons. The summed E-state index contributed by atoms with van der Waals surface area (Å²) in [5.74, 6) is -0.784. The Balaban J connectivity index is 3.05. The number of halogens is 3. The molecule has 3 nitrogen and oxygen atoms in total. The van der Waals surface area contributed by atoms with Gasteiger partial charge in [0.15, 0.2) is 0 Å². The topological polar surface area (TPSA) is 46.5 Å². The van der Waals surface area contributed by atoms with Gasteiger partial charge in [0.05, 0.1) is 5.56 Å². The zero-order valence-electron chi connectivity index (χ0n) is 9.12. The lowest BCUT2D eigenvalue weighted by molar-refractivity contribution is -0.137. The molecule has 0 atom stereocenters. The van der Waals surface area contributed by atoms with E-state index in [9.17, 15) is 22.2 Å². The third-order valence-corrected chi connectivity index (χ3v) is 2.37. The molecule has 0 saturated heterocycles. The van der Waals surface area contributed by atoms with Gasteiger partial charge in [-0.2, -0.15) is 17.5 Å². The maximum Gasteiger partial charge on any atom is 0.416 e. The number of hydrogen-bond acceptors (Lipinski definition) is 2. The summed E-state index contributed by atoms with van der Waals surface area (Å²) in [5, 5.41) is 0. The maximum atomic E-state index is 12.2.